The molecule has 0 aliphatic rings. The third kappa shape index (κ3) is 7.69. The Morgan fingerprint density at radius 3 is 2.25 bits per heavy atom. The van der Waals surface area contributed by atoms with Crippen LogP contribution in [0.25, 0.3) is 10.9 Å². The van der Waals surface area contributed by atoms with Gasteiger partial charge in [-0.25, -0.2) is 4.79 Å². The van der Waals surface area contributed by atoms with Gasteiger partial charge in [-0.3, -0.25) is 19.2 Å². The van der Waals surface area contributed by atoms with Crippen molar-refractivity contribution < 1.29 is 34.2 Å². The molecule has 14 heteroatoms. The van der Waals surface area contributed by atoms with Crippen LogP contribution in [0, 0.1) is 0 Å². The van der Waals surface area contributed by atoms with E-state index in [2.05, 4.69) is 33.6 Å². The van der Waals surface area contributed by atoms with Gasteiger partial charge in [0.2, 0.25) is 23.6 Å². The van der Waals surface area contributed by atoms with Gasteiger partial charge in [0.15, 0.2) is 0 Å². The molecule has 0 fully saturated rings. The Hall–Kier alpha value is -3.62. The number of aliphatic hydroxyl groups is 1. The molecule has 0 bridgehead atoms. The Kier molecular flexibility index (Phi) is 10.3. The first-order chi connectivity index (χ1) is 16.9. The van der Waals surface area contributed by atoms with Crippen LogP contribution in [0.2, 0.25) is 0 Å². The van der Waals surface area contributed by atoms with Gasteiger partial charge in [0, 0.05) is 22.9 Å². The number of aromatic nitrogens is 1. The van der Waals surface area contributed by atoms with Crippen LogP contribution >= 0.6 is 12.6 Å². The number of benzene rings is 1. The van der Waals surface area contributed by atoms with Gasteiger partial charge in [-0.05, 0) is 25.0 Å². The van der Waals surface area contributed by atoms with Crippen molar-refractivity contribution in [2.45, 2.75) is 50.0 Å². The molecular formula is C22H30N6O7S. The molecule has 5 unspecified atom stereocenters. The lowest BCUT2D eigenvalue weighted by Gasteiger charge is -2.25. The van der Waals surface area contributed by atoms with Crippen molar-refractivity contribution in [1.29, 1.82) is 0 Å². The summed E-state index contributed by atoms with van der Waals surface area (Å²) in [7, 11) is 0. The Morgan fingerprint density at radius 1 is 1.03 bits per heavy atom. The zero-order valence-corrected chi connectivity index (χ0v) is 20.3. The standard InChI is InChI=1S/C22H30N6O7S/c1-10(29)18(21(33)27-16(9-36)20(32)26-15(22(34)35)7-17(24)30)28-19(31)13(23)6-11-8-25-14-5-3-2-4-12(11)14/h2-5,8,10,13,15-16,18,25,29,36H,6-7,9,23H2,1H3,(H2,24,30)(H,26,32)(H,27,33)(H,28,31)(H,34,35). The van der Waals surface area contributed by atoms with Crippen LogP contribution in [0.4, 0.5) is 0 Å². The lowest BCUT2D eigenvalue weighted by molar-refractivity contribution is -0.143. The largest absolute Gasteiger partial charge is 0.480 e. The molecule has 13 nitrogen and oxygen atoms in total. The molecule has 196 valence electrons. The Bertz CT molecular complexity index is 1120. The molecule has 10 N–H and O–H groups in total. The zero-order valence-electron chi connectivity index (χ0n) is 19.4. The SMILES string of the molecule is CC(O)C(NC(=O)C(N)Cc1c[nH]c2ccccc12)C(=O)NC(CS)C(=O)NC(CC(N)=O)C(=O)O. The summed E-state index contributed by atoms with van der Waals surface area (Å²) in [4.78, 5) is 63.3. The van der Waals surface area contributed by atoms with Crippen molar-refractivity contribution in [2.75, 3.05) is 5.75 Å². The Balaban J connectivity index is 2.04. The van der Waals surface area contributed by atoms with Crippen LogP contribution in [0.5, 0.6) is 0 Å². The molecular weight excluding hydrogens is 492 g/mol. The molecule has 4 amide bonds. The first-order valence-corrected chi connectivity index (χ1v) is 11.6. The molecule has 1 aromatic carbocycles. The van der Waals surface area contributed by atoms with Gasteiger partial charge in [-0.1, -0.05) is 18.2 Å². The van der Waals surface area contributed by atoms with Crippen molar-refractivity contribution in [3.63, 3.8) is 0 Å². The van der Waals surface area contributed by atoms with E-state index in [9.17, 15) is 29.1 Å². The molecule has 1 aromatic heterocycles. The third-order valence-electron chi connectivity index (χ3n) is 5.35. The summed E-state index contributed by atoms with van der Waals surface area (Å²) in [5, 5.41) is 26.9. The van der Waals surface area contributed by atoms with Gasteiger partial charge < -0.3 is 42.6 Å². The third-order valence-corrected chi connectivity index (χ3v) is 5.71. The fraction of sp³-hybridized carbons (Fsp3) is 0.409. The number of aliphatic hydroxyl groups excluding tert-OH is 1. The van der Waals surface area contributed by atoms with Gasteiger partial charge in [0.25, 0.3) is 0 Å². The van der Waals surface area contributed by atoms with Gasteiger partial charge >= 0.3 is 5.97 Å². The number of aliphatic carboxylic acids is 1. The van der Waals surface area contributed by atoms with E-state index in [1.807, 2.05) is 24.3 Å². The smallest absolute Gasteiger partial charge is 0.326 e. The van der Waals surface area contributed by atoms with Crippen LogP contribution in [0.3, 0.4) is 0 Å². The highest BCUT2D eigenvalue weighted by Crippen LogP contribution is 2.18. The number of rotatable bonds is 13. The highest BCUT2D eigenvalue weighted by atomic mass is 32.1. The highest BCUT2D eigenvalue weighted by molar-refractivity contribution is 7.80. The maximum absolute atomic E-state index is 12.8. The van der Waals surface area contributed by atoms with Crippen LogP contribution < -0.4 is 27.4 Å². The van der Waals surface area contributed by atoms with Crippen LogP contribution in [-0.4, -0.2) is 80.8 Å². The number of H-pyrrole nitrogens is 1. The quantitative estimate of drug-likeness (QED) is 0.130. The highest BCUT2D eigenvalue weighted by Gasteiger charge is 2.32. The number of para-hydroxylation sites is 1. The lowest BCUT2D eigenvalue weighted by Crippen LogP contribution is -2.60. The fourth-order valence-electron chi connectivity index (χ4n) is 3.42. The summed E-state index contributed by atoms with van der Waals surface area (Å²) >= 11 is 3.99. The molecule has 0 spiro atoms. The summed E-state index contributed by atoms with van der Waals surface area (Å²) < 4.78 is 0. The predicted octanol–water partition coefficient (Wildman–Crippen LogP) is -2.24. The number of hydrogen-bond donors (Lipinski definition) is 9. The number of nitrogens with two attached hydrogens (primary N) is 2. The second-order valence-electron chi connectivity index (χ2n) is 8.21. The maximum atomic E-state index is 12.8. The van der Waals surface area contributed by atoms with Crippen molar-refractivity contribution in [3.05, 3.63) is 36.0 Å². The van der Waals surface area contributed by atoms with Crippen molar-refractivity contribution in [3.8, 4) is 0 Å². The van der Waals surface area contributed by atoms with Gasteiger partial charge in [0.05, 0.1) is 18.6 Å². The van der Waals surface area contributed by atoms with Gasteiger partial charge in [-0.15, -0.1) is 0 Å². The molecule has 5 atom stereocenters. The number of hydrogen-bond acceptors (Lipinski definition) is 8. The van der Waals surface area contributed by atoms with Gasteiger partial charge in [0.1, 0.15) is 18.1 Å². The minimum absolute atomic E-state index is 0.155. The van der Waals surface area contributed by atoms with Gasteiger partial charge in [-0.2, -0.15) is 12.6 Å². The van der Waals surface area contributed by atoms with Crippen molar-refractivity contribution >= 4 is 53.1 Å². The first-order valence-electron chi connectivity index (χ1n) is 11.0. The van der Waals surface area contributed by atoms with E-state index in [0.29, 0.717) is 0 Å². The number of amides is 4. The van der Waals surface area contributed by atoms with Crippen molar-refractivity contribution in [2.24, 2.45) is 11.5 Å². The van der Waals surface area contributed by atoms with E-state index in [0.717, 1.165) is 16.5 Å². The van der Waals surface area contributed by atoms with E-state index < -0.39 is 66.3 Å². The molecule has 36 heavy (non-hydrogen) atoms. The van der Waals surface area contributed by atoms with E-state index in [1.165, 1.54) is 6.92 Å². The van der Waals surface area contributed by atoms with E-state index in [1.54, 1.807) is 6.20 Å². The molecule has 0 saturated heterocycles. The summed E-state index contributed by atoms with van der Waals surface area (Å²) in [6.07, 6.45) is -0.133. The number of carboxylic acids is 1. The molecule has 2 aromatic rings. The maximum Gasteiger partial charge on any atom is 0.326 e. The first kappa shape index (κ1) is 28.6. The minimum atomic E-state index is -1.61. The second kappa shape index (κ2) is 12.9. The topological polar surface area (TPSA) is 230 Å². The normalized spacial score (nSPS) is 15.2. The number of carbonyl (C=O) groups excluding carboxylic acids is 4. The number of carbonyl (C=O) groups is 5. The number of fused-ring (bicyclic) bond motifs is 1. The number of primary amides is 1. The van der Waals surface area contributed by atoms with E-state index in [-0.39, 0.29) is 12.2 Å². The summed E-state index contributed by atoms with van der Waals surface area (Å²) in [5.41, 5.74) is 12.7. The van der Waals surface area contributed by atoms with Crippen LogP contribution in [-0.2, 0) is 30.4 Å². The summed E-state index contributed by atoms with van der Waals surface area (Å²) in [5.74, 6) is -5.27. The van der Waals surface area contributed by atoms with E-state index in [4.69, 9.17) is 16.6 Å². The number of thiol groups is 1. The Labute approximate surface area is 211 Å². The molecule has 0 aliphatic heterocycles. The minimum Gasteiger partial charge on any atom is -0.480 e. The van der Waals surface area contributed by atoms with Crippen LogP contribution in [0.15, 0.2) is 30.5 Å². The molecule has 0 radical (unpaired) electrons. The second-order valence-corrected chi connectivity index (χ2v) is 8.58. The average Bonchev–Trinajstić information content (AvgIpc) is 3.22. The number of nitrogens with one attached hydrogen (secondary N) is 4. The van der Waals surface area contributed by atoms with Crippen molar-refractivity contribution in [1.82, 2.24) is 20.9 Å². The Morgan fingerprint density at radius 2 is 1.67 bits per heavy atom. The monoisotopic (exact) mass is 522 g/mol. The summed E-state index contributed by atoms with van der Waals surface area (Å²) in [6.45, 7) is 1.26. The fourth-order valence-corrected chi connectivity index (χ4v) is 3.68. The molecule has 1 heterocycles. The zero-order chi connectivity index (χ0) is 27.0. The average molecular weight is 523 g/mol. The lowest BCUT2D eigenvalue weighted by atomic mass is 10.0. The molecule has 0 aliphatic carbocycles. The number of carboxylic acid groups (broad SMARTS) is 1. The van der Waals surface area contributed by atoms with E-state index >= 15 is 0 Å². The molecule has 2 rings (SSSR count). The summed E-state index contributed by atoms with van der Waals surface area (Å²) in [6, 6.07) is 1.99. The number of aromatic amines is 1. The van der Waals surface area contributed by atoms with Crippen LogP contribution in [0.1, 0.15) is 18.9 Å². The predicted molar refractivity (Wildman–Crippen MR) is 133 cm³/mol. The molecule has 0 saturated carbocycles.